The highest BCUT2D eigenvalue weighted by Gasteiger charge is 2.08. The zero-order valence-corrected chi connectivity index (χ0v) is 9.82. The summed E-state index contributed by atoms with van der Waals surface area (Å²) in [5.41, 5.74) is 0.00810. The first kappa shape index (κ1) is 11.6. The summed E-state index contributed by atoms with van der Waals surface area (Å²) in [5, 5.41) is 0. The monoisotopic (exact) mass is 236 g/mol. The van der Waals surface area contributed by atoms with Crippen molar-refractivity contribution < 1.29 is 0 Å². The molecule has 6 nitrogen and oxygen atoms in total. The second-order valence-electron chi connectivity index (χ2n) is 4.07. The molecule has 2 aromatic rings. The molecule has 0 saturated carbocycles. The number of imidazole rings is 1. The molecule has 2 aromatic heterocycles. The van der Waals surface area contributed by atoms with Crippen molar-refractivity contribution in [3.8, 4) is 0 Å². The maximum Gasteiger partial charge on any atom is 0.330 e. The van der Waals surface area contributed by atoms with E-state index >= 15 is 0 Å². The Labute approximate surface area is 97.7 Å². The van der Waals surface area contributed by atoms with E-state index in [4.69, 9.17) is 0 Å². The van der Waals surface area contributed by atoms with Crippen molar-refractivity contribution in [3.63, 3.8) is 0 Å². The predicted octanol–water partition coefficient (Wildman–Crippen LogP) is 0.993. The summed E-state index contributed by atoms with van der Waals surface area (Å²) in [7, 11) is 0. The van der Waals surface area contributed by atoms with Gasteiger partial charge < -0.3 is 4.98 Å². The lowest BCUT2D eigenvalue weighted by Crippen LogP contribution is -2.35. The maximum atomic E-state index is 11.9. The quantitative estimate of drug-likeness (QED) is 0.759. The van der Waals surface area contributed by atoms with E-state index in [-0.39, 0.29) is 11.2 Å². The van der Waals surface area contributed by atoms with Crippen LogP contribution in [0.2, 0.25) is 0 Å². The number of H-pyrrole nitrogens is 2. The molecule has 0 spiro atoms. The number of nitrogens with one attached hydrogen (secondary N) is 2. The van der Waals surface area contributed by atoms with Crippen LogP contribution in [0.15, 0.2) is 15.9 Å². The molecule has 0 saturated heterocycles. The Morgan fingerprint density at radius 2 is 2.12 bits per heavy atom. The summed E-state index contributed by atoms with van der Waals surface area (Å²) in [5.74, 6) is 0. The highest BCUT2D eigenvalue weighted by Crippen LogP contribution is 2.00. The second-order valence-corrected chi connectivity index (χ2v) is 4.07. The normalized spacial score (nSPS) is 11.1. The topological polar surface area (TPSA) is 83.5 Å². The predicted molar refractivity (Wildman–Crippen MR) is 65.1 cm³/mol. The van der Waals surface area contributed by atoms with E-state index in [1.54, 1.807) is 0 Å². The third kappa shape index (κ3) is 2.30. The Morgan fingerprint density at radius 1 is 1.29 bits per heavy atom. The van der Waals surface area contributed by atoms with Crippen molar-refractivity contribution in [2.45, 2.75) is 39.2 Å². The first-order valence-corrected chi connectivity index (χ1v) is 5.90. The first-order valence-electron chi connectivity index (χ1n) is 5.90. The maximum absolute atomic E-state index is 11.9. The Kier molecular flexibility index (Phi) is 3.41. The van der Waals surface area contributed by atoms with Crippen molar-refractivity contribution in [1.29, 1.82) is 0 Å². The Balaban J connectivity index is 2.27. The molecule has 0 amide bonds. The zero-order chi connectivity index (χ0) is 12.3. The number of unbranched alkanes of at least 4 members (excludes halogenated alkanes) is 3. The van der Waals surface area contributed by atoms with Gasteiger partial charge in [-0.2, -0.15) is 0 Å². The lowest BCUT2D eigenvalue weighted by molar-refractivity contribution is 0.554. The zero-order valence-electron chi connectivity index (χ0n) is 9.82. The minimum Gasteiger partial charge on any atom is -0.339 e. The number of hydrogen-bond donors (Lipinski definition) is 2. The largest absolute Gasteiger partial charge is 0.339 e. The van der Waals surface area contributed by atoms with Crippen LogP contribution < -0.4 is 11.2 Å². The van der Waals surface area contributed by atoms with Gasteiger partial charge in [0.1, 0.15) is 5.52 Å². The molecule has 0 fully saturated rings. The van der Waals surface area contributed by atoms with Crippen LogP contribution in [0.1, 0.15) is 32.6 Å². The van der Waals surface area contributed by atoms with Crippen LogP contribution in [0.3, 0.4) is 0 Å². The highest BCUT2D eigenvalue weighted by atomic mass is 16.2. The fourth-order valence-electron chi connectivity index (χ4n) is 1.85. The molecule has 2 N–H and O–H groups in total. The molecule has 0 atom stereocenters. The molecule has 92 valence electrons. The van der Waals surface area contributed by atoms with Crippen molar-refractivity contribution in [3.05, 3.63) is 27.2 Å². The van der Waals surface area contributed by atoms with E-state index in [2.05, 4.69) is 21.9 Å². The number of nitrogens with zero attached hydrogens (tertiary/aromatic N) is 2. The van der Waals surface area contributed by atoms with Gasteiger partial charge in [0.25, 0.3) is 5.56 Å². The Morgan fingerprint density at radius 3 is 2.88 bits per heavy atom. The molecule has 2 rings (SSSR count). The number of fused-ring (bicyclic) bond motifs is 1. The number of rotatable bonds is 5. The van der Waals surface area contributed by atoms with Crippen molar-refractivity contribution in [2.75, 3.05) is 0 Å². The minimum absolute atomic E-state index is 0.294. The summed E-state index contributed by atoms with van der Waals surface area (Å²) >= 11 is 0. The van der Waals surface area contributed by atoms with E-state index in [0.29, 0.717) is 17.7 Å². The van der Waals surface area contributed by atoms with Gasteiger partial charge in [-0.1, -0.05) is 26.2 Å². The van der Waals surface area contributed by atoms with Gasteiger partial charge in [0, 0.05) is 6.54 Å². The molecule has 0 aliphatic carbocycles. The van der Waals surface area contributed by atoms with Crippen molar-refractivity contribution in [2.24, 2.45) is 0 Å². The summed E-state index contributed by atoms with van der Waals surface area (Å²) in [4.78, 5) is 32.8. The third-order valence-electron chi connectivity index (χ3n) is 2.80. The molecular formula is C11H16N4O2. The van der Waals surface area contributed by atoms with Crippen molar-refractivity contribution in [1.82, 2.24) is 19.5 Å². The molecule has 0 aliphatic rings. The summed E-state index contributed by atoms with van der Waals surface area (Å²) in [6.45, 7) is 2.58. The van der Waals surface area contributed by atoms with Crippen LogP contribution in [0, 0.1) is 0 Å². The standard InChI is InChI=1S/C11H16N4O2/c1-2-3-4-5-6-15-10(16)8-9(13-7-12-8)14-11(15)17/h7H,2-6H2,1H3,(H,12,13)(H,14,17). The van der Waals surface area contributed by atoms with E-state index in [0.717, 1.165) is 25.7 Å². The summed E-state index contributed by atoms with van der Waals surface area (Å²) in [6.07, 6.45) is 5.53. The van der Waals surface area contributed by atoms with Gasteiger partial charge in [-0.05, 0) is 6.42 Å². The Bertz CT molecular complexity index is 608. The van der Waals surface area contributed by atoms with E-state index in [1.807, 2.05) is 0 Å². The molecule has 6 heteroatoms. The third-order valence-corrected chi connectivity index (χ3v) is 2.80. The molecule has 0 bridgehead atoms. The molecule has 17 heavy (non-hydrogen) atoms. The number of aromatic amines is 2. The number of aromatic nitrogens is 4. The van der Waals surface area contributed by atoms with Gasteiger partial charge in [0.05, 0.1) is 6.33 Å². The lowest BCUT2D eigenvalue weighted by Gasteiger charge is -2.03. The van der Waals surface area contributed by atoms with E-state index < -0.39 is 0 Å². The molecule has 0 radical (unpaired) electrons. The molecule has 0 aromatic carbocycles. The van der Waals surface area contributed by atoms with Crippen LogP contribution in [0.5, 0.6) is 0 Å². The molecular weight excluding hydrogens is 220 g/mol. The SMILES string of the molecule is CCCCCCn1c(=O)[nH]c2nc[nH]c2c1=O. The smallest absolute Gasteiger partial charge is 0.330 e. The van der Waals surface area contributed by atoms with Gasteiger partial charge >= 0.3 is 5.69 Å². The molecule has 2 heterocycles. The van der Waals surface area contributed by atoms with E-state index in [9.17, 15) is 9.59 Å². The summed E-state index contributed by atoms with van der Waals surface area (Å²) in [6, 6.07) is 0. The van der Waals surface area contributed by atoms with Gasteiger partial charge in [0.15, 0.2) is 5.65 Å². The average molecular weight is 236 g/mol. The van der Waals surface area contributed by atoms with Crippen molar-refractivity contribution >= 4 is 11.2 Å². The van der Waals surface area contributed by atoms with E-state index in [1.165, 1.54) is 10.9 Å². The minimum atomic E-state index is -0.383. The lowest BCUT2D eigenvalue weighted by atomic mass is 10.2. The van der Waals surface area contributed by atoms with Gasteiger partial charge in [0.2, 0.25) is 0 Å². The molecule has 0 aliphatic heterocycles. The fraction of sp³-hybridized carbons (Fsp3) is 0.545. The average Bonchev–Trinajstić information content (AvgIpc) is 2.76. The molecule has 0 unspecified atom stereocenters. The van der Waals surface area contributed by atoms with Crippen LogP contribution in [0.25, 0.3) is 11.2 Å². The first-order chi connectivity index (χ1) is 8.24. The van der Waals surface area contributed by atoms with Crippen LogP contribution in [-0.2, 0) is 6.54 Å². The summed E-state index contributed by atoms with van der Waals surface area (Å²) < 4.78 is 1.23. The van der Waals surface area contributed by atoms with Crippen LogP contribution in [0.4, 0.5) is 0 Å². The fourth-order valence-corrected chi connectivity index (χ4v) is 1.85. The number of hydrogen-bond acceptors (Lipinski definition) is 3. The van der Waals surface area contributed by atoms with Crippen LogP contribution >= 0.6 is 0 Å². The van der Waals surface area contributed by atoms with Gasteiger partial charge in [-0.3, -0.25) is 14.3 Å². The highest BCUT2D eigenvalue weighted by molar-refractivity contribution is 5.67. The second kappa shape index (κ2) is 4.99. The van der Waals surface area contributed by atoms with Crippen LogP contribution in [-0.4, -0.2) is 19.5 Å². The Hall–Kier alpha value is -1.85. The van der Waals surface area contributed by atoms with Gasteiger partial charge in [-0.15, -0.1) is 0 Å². The van der Waals surface area contributed by atoms with Gasteiger partial charge in [-0.25, -0.2) is 9.78 Å².